The SMILES string of the molecule is C=CCN(CC=C)c1nc(C)[n+](OS(=O)(=O)O)c(N)n1. The van der Waals surface area contributed by atoms with Gasteiger partial charge in [-0.3, -0.25) is 4.55 Å². The molecule has 1 aromatic heterocycles. The van der Waals surface area contributed by atoms with Crippen LogP contribution in [0.15, 0.2) is 25.3 Å². The minimum atomic E-state index is -4.72. The van der Waals surface area contributed by atoms with Crippen LogP contribution in [-0.4, -0.2) is 36.0 Å². The zero-order chi connectivity index (χ0) is 15.3. The molecule has 1 rings (SSSR count). The Morgan fingerprint density at radius 1 is 1.40 bits per heavy atom. The van der Waals surface area contributed by atoms with Gasteiger partial charge in [-0.15, -0.1) is 13.2 Å². The lowest BCUT2D eigenvalue weighted by Crippen LogP contribution is -2.52. The van der Waals surface area contributed by atoms with Crippen molar-refractivity contribution in [1.82, 2.24) is 9.97 Å². The molecule has 0 saturated carbocycles. The molecule has 0 aliphatic heterocycles. The van der Waals surface area contributed by atoms with Gasteiger partial charge in [-0.1, -0.05) is 22.1 Å². The highest BCUT2D eigenvalue weighted by Gasteiger charge is 2.23. The Hall–Kier alpha value is -2.20. The second-order valence-corrected chi connectivity index (χ2v) is 4.71. The smallest absolute Gasteiger partial charge is 0.312 e. The molecule has 0 atom stereocenters. The second-order valence-electron chi connectivity index (χ2n) is 3.71. The summed E-state index contributed by atoms with van der Waals surface area (Å²) >= 11 is 0. The number of anilines is 2. The maximum Gasteiger partial charge on any atom is 0.474 e. The van der Waals surface area contributed by atoms with Crippen molar-refractivity contribution in [3.8, 4) is 0 Å². The van der Waals surface area contributed by atoms with E-state index >= 15 is 0 Å². The molecule has 0 radical (unpaired) electrons. The van der Waals surface area contributed by atoms with Crippen molar-refractivity contribution >= 4 is 22.3 Å². The Morgan fingerprint density at radius 2 is 1.95 bits per heavy atom. The number of hydrogen-bond acceptors (Lipinski definition) is 7. The van der Waals surface area contributed by atoms with Gasteiger partial charge in [-0.05, 0) is 4.73 Å². The van der Waals surface area contributed by atoms with Crippen LogP contribution in [0.25, 0.3) is 0 Å². The molecule has 3 N–H and O–H groups in total. The average molecular weight is 302 g/mol. The van der Waals surface area contributed by atoms with Crippen molar-refractivity contribution in [3.05, 3.63) is 31.1 Å². The van der Waals surface area contributed by atoms with Crippen LogP contribution < -0.4 is 19.6 Å². The van der Waals surface area contributed by atoms with Gasteiger partial charge in [-0.2, -0.15) is 8.42 Å². The van der Waals surface area contributed by atoms with Gasteiger partial charge in [0.25, 0.3) is 5.82 Å². The summed E-state index contributed by atoms with van der Waals surface area (Å²) in [5, 5.41) is 0. The number of nitrogens with zero attached hydrogens (tertiary/aromatic N) is 4. The maximum atomic E-state index is 10.7. The summed E-state index contributed by atoms with van der Waals surface area (Å²) in [5.41, 5.74) is 5.59. The molecular formula is C10H16N5O4S+. The topological polar surface area (TPSA) is 123 Å². The van der Waals surface area contributed by atoms with E-state index in [9.17, 15) is 8.42 Å². The Bertz CT molecular complexity index is 583. The summed E-state index contributed by atoms with van der Waals surface area (Å²) in [6.45, 7) is 9.58. The molecule has 0 saturated heterocycles. The third-order valence-corrected chi connectivity index (χ3v) is 2.47. The standard InChI is InChI=1S/C10H15N5O4S/c1-4-6-14(7-5-2)10-12-8(3)15(9(11)13-10)19-20(16,17)18/h4-5,11H,1-2,6-7H2,3H3,(H,16,17,18)/p+1. The van der Waals surface area contributed by atoms with Gasteiger partial charge in [-0.25, -0.2) is 4.28 Å². The average Bonchev–Trinajstić information content (AvgIpc) is 2.32. The molecule has 1 heterocycles. The molecule has 0 unspecified atom stereocenters. The van der Waals surface area contributed by atoms with Crippen LogP contribution in [0.4, 0.5) is 11.9 Å². The number of aromatic nitrogens is 3. The lowest BCUT2D eigenvalue weighted by Gasteiger charge is -2.16. The van der Waals surface area contributed by atoms with Crippen LogP contribution in [0.2, 0.25) is 0 Å². The van der Waals surface area contributed by atoms with Crippen molar-refractivity contribution in [2.24, 2.45) is 0 Å². The van der Waals surface area contributed by atoms with Crippen LogP contribution in [0.3, 0.4) is 0 Å². The van der Waals surface area contributed by atoms with Crippen molar-refractivity contribution in [2.45, 2.75) is 6.92 Å². The van der Waals surface area contributed by atoms with E-state index in [-0.39, 0.29) is 17.7 Å². The first-order valence-corrected chi connectivity index (χ1v) is 6.85. The van der Waals surface area contributed by atoms with Crippen LogP contribution in [-0.2, 0) is 10.4 Å². The van der Waals surface area contributed by atoms with E-state index in [4.69, 9.17) is 10.3 Å². The quantitative estimate of drug-likeness (QED) is 0.376. The van der Waals surface area contributed by atoms with E-state index in [1.165, 1.54) is 6.92 Å². The molecule has 10 heteroatoms. The minimum Gasteiger partial charge on any atom is -0.312 e. The Labute approximate surface area is 116 Å². The fourth-order valence-corrected chi connectivity index (χ4v) is 1.78. The lowest BCUT2D eigenvalue weighted by atomic mass is 10.4. The Morgan fingerprint density at radius 3 is 2.35 bits per heavy atom. The molecule has 9 nitrogen and oxygen atoms in total. The normalized spacial score (nSPS) is 10.9. The fourth-order valence-electron chi connectivity index (χ4n) is 1.41. The molecule has 0 amide bonds. The largest absolute Gasteiger partial charge is 0.474 e. The lowest BCUT2D eigenvalue weighted by molar-refractivity contribution is -0.853. The molecule has 0 aromatic carbocycles. The van der Waals surface area contributed by atoms with Crippen LogP contribution in [0.5, 0.6) is 0 Å². The highest BCUT2D eigenvalue weighted by Crippen LogP contribution is 2.08. The van der Waals surface area contributed by atoms with Crippen molar-refractivity contribution in [1.29, 1.82) is 0 Å². The first-order chi connectivity index (χ1) is 9.28. The summed E-state index contributed by atoms with van der Waals surface area (Å²) in [7, 11) is -4.72. The van der Waals surface area contributed by atoms with E-state index in [1.807, 2.05) is 0 Å². The van der Waals surface area contributed by atoms with E-state index in [2.05, 4.69) is 27.4 Å². The molecule has 0 spiro atoms. The Balaban J connectivity index is 3.20. The molecule has 0 bridgehead atoms. The molecule has 0 aliphatic rings. The van der Waals surface area contributed by atoms with Gasteiger partial charge in [0.05, 0.1) is 0 Å². The predicted molar refractivity (Wildman–Crippen MR) is 72.1 cm³/mol. The van der Waals surface area contributed by atoms with Gasteiger partial charge in [0.1, 0.15) is 0 Å². The first-order valence-electron chi connectivity index (χ1n) is 5.48. The van der Waals surface area contributed by atoms with E-state index < -0.39 is 10.4 Å². The number of nitrogens with two attached hydrogens (primary N) is 1. The number of rotatable bonds is 7. The van der Waals surface area contributed by atoms with Crippen LogP contribution in [0.1, 0.15) is 5.82 Å². The van der Waals surface area contributed by atoms with Crippen molar-refractivity contribution in [3.63, 3.8) is 0 Å². The summed E-state index contributed by atoms with van der Waals surface area (Å²) in [6, 6.07) is 0. The molecule has 110 valence electrons. The number of nitrogen functional groups attached to an aromatic ring is 1. The molecule has 0 fully saturated rings. The van der Waals surface area contributed by atoms with Gasteiger partial charge in [0.2, 0.25) is 0 Å². The number of hydrogen-bond donors (Lipinski definition) is 2. The highest BCUT2D eigenvalue weighted by atomic mass is 32.3. The molecular weight excluding hydrogens is 286 g/mol. The van der Waals surface area contributed by atoms with Crippen molar-refractivity contribution in [2.75, 3.05) is 23.7 Å². The monoisotopic (exact) mass is 302 g/mol. The number of aryl methyl sites for hydroxylation is 1. The molecule has 1 aromatic rings. The van der Waals surface area contributed by atoms with Gasteiger partial charge < -0.3 is 10.6 Å². The van der Waals surface area contributed by atoms with Crippen LogP contribution >= 0.6 is 0 Å². The molecule has 20 heavy (non-hydrogen) atoms. The van der Waals surface area contributed by atoms with E-state index in [0.29, 0.717) is 17.8 Å². The third-order valence-electron chi connectivity index (χ3n) is 2.13. The zero-order valence-electron chi connectivity index (χ0n) is 10.9. The summed E-state index contributed by atoms with van der Waals surface area (Å²) in [4.78, 5) is 9.68. The van der Waals surface area contributed by atoms with Gasteiger partial charge in [0, 0.05) is 20.0 Å². The Kier molecular flexibility index (Phi) is 5.00. The zero-order valence-corrected chi connectivity index (χ0v) is 11.7. The summed E-state index contributed by atoms with van der Waals surface area (Å²) in [6.07, 6.45) is 3.29. The van der Waals surface area contributed by atoms with Crippen LogP contribution in [0, 0.1) is 6.92 Å². The fraction of sp³-hybridized carbons (Fsp3) is 0.300. The van der Waals surface area contributed by atoms with Crippen molar-refractivity contribution < 1.29 is 22.0 Å². The summed E-state index contributed by atoms with van der Waals surface area (Å²) < 4.78 is 34.9. The predicted octanol–water partition coefficient (Wildman–Crippen LogP) is -0.935. The highest BCUT2D eigenvalue weighted by molar-refractivity contribution is 7.80. The van der Waals surface area contributed by atoms with Gasteiger partial charge in [0.15, 0.2) is 0 Å². The van der Waals surface area contributed by atoms with E-state index in [1.54, 1.807) is 17.1 Å². The van der Waals surface area contributed by atoms with E-state index in [0.717, 1.165) is 0 Å². The maximum absolute atomic E-state index is 10.7. The second kappa shape index (κ2) is 6.30. The molecule has 0 aliphatic carbocycles. The minimum absolute atomic E-state index is 0.100. The van der Waals surface area contributed by atoms with Gasteiger partial charge >= 0.3 is 22.3 Å². The first kappa shape index (κ1) is 15.9. The summed E-state index contributed by atoms with van der Waals surface area (Å²) in [5.74, 6) is 0.0847. The third kappa shape index (κ3) is 4.17.